The van der Waals surface area contributed by atoms with Gasteiger partial charge in [-0.05, 0) is 30.3 Å². The molecule has 0 spiro atoms. The summed E-state index contributed by atoms with van der Waals surface area (Å²) >= 11 is 0. The van der Waals surface area contributed by atoms with Crippen molar-refractivity contribution in [2.24, 2.45) is 4.99 Å². The Morgan fingerprint density at radius 3 is 2.71 bits per heavy atom. The molecule has 1 saturated heterocycles. The first-order chi connectivity index (χ1) is 15.2. The van der Waals surface area contributed by atoms with Crippen molar-refractivity contribution in [1.82, 2.24) is 14.9 Å². The number of piperazine rings is 1. The maximum Gasteiger partial charge on any atom is 0.365 e. The number of rotatable bonds is 3. The largest absolute Gasteiger partial charge is 0.454 e. The smallest absolute Gasteiger partial charge is 0.365 e. The van der Waals surface area contributed by atoms with E-state index in [4.69, 9.17) is 14.2 Å². The van der Waals surface area contributed by atoms with Gasteiger partial charge in [-0.15, -0.1) is 0 Å². The Hall–Kier alpha value is -4.01. The summed E-state index contributed by atoms with van der Waals surface area (Å²) < 4.78 is 16.1. The number of anilines is 1. The van der Waals surface area contributed by atoms with Crippen molar-refractivity contribution >= 4 is 28.8 Å². The lowest BCUT2D eigenvalue weighted by molar-refractivity contribution is -0.130. The van der Waals surface area contributed by atoms with Crippen LogP contribution in [0.15, 0.2) is 59.4 Å². The van der Waals surface area contributed by atoms with Gasteiger partial charge in [0.15, 0.2) is 17.2 Å². The van der Waals surface area contributed by atoms with Crippen LogP contribution in [0.2, 0.25) is 0 Å². The van der Waals surface area contributed by atoms with Gasteiger partial charge in [0.05, 0.1) is 11.0 Å². The van der Waals surface area contributed by atoms with E-state index in [1.807, 2.05) is 24.3 Å². The van der Waals surface area contributed by atoms with Gasteiger partial charge in [-0.3, -0.25) is 0 Å². The quantitative estimate of drug-likeness (QED) is 0.516. The number of carbonyl (C=O) groups is 1. The lowest BCUT2D eigenvalue weighted by atomic mass is 10.2. The van der Waals surface area contributed by atoms with Crippen LogP contribution >= 0.6 is 0 Å². The molecule has 0 unspecified atom stereocenters. The number of aliphatic imine (C=N–C) groups is 1. The predicted octanol–water partition coefficient (Wildman–Crippen LogP) is 2.26. The van der Waals surface area contributed by atoms with Crippen molar-refractivity contribution in [3.05, 3.63) is 59.9 Å². The SMILES string of the molecule is O=C1OC(c2ccc3c(c2)OCO3)=N/C1=C/N1CCN(c2nc3ccccc3[nH]2)CC1. The molecule has 4 heterocycles. The van der Waals surface area contributed by atoms with Gasteiger partial charge >= 0.3 is 5.97 Å². The molecule has 1 fully saturated rings. The maximum atomic E-state index is 12.3. The number of hydrogen-bond acceptors (Lipinski definition) is 8. The van der Waals surface area contributed by atoms with Crippen molar-refractivity contribution in [3.63, 3.8) is 0 Å². The first kappa shape index (κ1) is 17.8. The third-order valence-electron chi connectivity index (χ3n) is 5.54. The molecule has 2 aromatic carbocycles. The molecule has 31 heavy (non-hydrogen) atoms. The number of benzene rings is 2. The van der Waals surface area contributed by atoms with Gasteiger partial charge in [0, 0.05) is 37.9 Å². The van der Waals surface area contributed by atoms with Crippen LogP contribution in [0.5, 0.6) is 11.5 Å². The van der Waals surface area contributed by atoms with Crippen molar-refractivity contribution in [2.45, 2.75) is 0 Å². The van der Waals surface area contributed by atoms with Crippen molar-refractivity contribution in [2.75, 3.05) is 37.9 Å². The van der Waals surface area contributed by atoms with E-state index in [9.17, 15) is 4.79 Å². The number of esters is 1. The van der Waals surface area contributed by atoms with E-state index in [0.717, 1.165) is 43.2 Å². The molecular weight excluding hydrogens is 398 g/mol. The monoisotopic (exact) mass is 417 g/mol. The second kappa shape index (κ2) is 7.05. The zero-order valence-corrected chi connectivity index (χ0v) is 16.6. The Bertz CT molecular complexity index is 1210. The number of ether oxygens (including phenoxy) is 3. The van der Waals surface area contributed by atoms with Crippen LogP contribution in [-0.4, -0.2) is 59.7 Å². The van der Waals surface area contributed by atoms with Crippen molar-refractivity contribution < 1.29 is 19.0 Å². The van der Waals surface area contributed by atoms with Crippen LogP contribution in [0.4, 0.5) is 5.95 Å². The van der Waals surface area contributed by atoms with Crippen LogP contribution in [0.25, 0.3) is 11.0 Å². The van der Waals surface area contributed by atoms with E-state index in [-0.39, 0.29) is 12.7 Å². The molecule has 0 saturated carbocycles. The Balaban J connectivity index is 1.15. The van der Waals surface area contributed by atoms with E-state index in [0.29, 0.717) is 22.8 Å². The number of nitrogens with one attached hydrogen (secondary N) is 1. The third kappa shape index (κ3) is 3.24. The third-order valence-corrected chi connectivity index (χ3v) is 5.54. The number of aromatic nitrogens is 2. The summed E-state index contributed by atoms with van der Waals surface area (Å²) in [6, 6.07) is 13.3. The number of nitrogens with zero attached hydrogens (tertiary/aromatic N) is 4. The number of imidazole rings is 1. The normalized spacial score (nSPS) is 19.3. The Morgan fingerprint density at radius 1 is 1.00 bits per heavy atom. The van der Waals surface area contributed by atoms with Gasteiger partial charge in [-0.25, -0.2) is 14.8 Å². The second-order valence-electron chi connectivity index (χ2n) is 7.49. The molecule has 9 heteroatoms. The minimum atomic E-state index is -0.451. The standard InChI is InChI=1S/C22H19N5O4/c28-21-17(23-20(31-21)14-5-6-18-19(11-14)30-13-29-18)12-26-7-9-27(10-8-26)22-24-15-3-1-2-4-16(15)25-22/h1-6,11-12H,7-10,13H2,(H,24,25)/b17-12+. The molecule has 156 valence electrons. The van der Waals surface area contributed by atoms with E-state index in [1.165, 1.54) is 0 Å². The molecule has 3 aliphatic rings. The summed E-state index contributed by atoms with van der Waals surface area (Å²) in [6.07, 6.45) is 1.78. The molecule has 0 aliphatic carbocycles. The highest BCUT2D eigenvalue weighted by Crippen LogP contribution is 2.33. The van der Waals surface area contributed by atoms with Crippen LogP contribution in [0.3, 0.4) is 0 Å². The molecule has 0 amide bonds. The fraction of sp³-hybridized carbons (Fsp3) is 0.227. The molecule has 1 N–H and O–H groups in total. The highest BCUT2D eigenvalue weighted by Gasteiger charge is 2.27. The molecule has 6 rings (SSSR count). The van der Waals surface area contributed by atoms with Crippen LogP contribution < -0.4 is 14.4 Å². The maximum absolute atomic E-state index is 12.3. The summed E-state index contributed by atoms with van der Waals surface area (Å²) in [4.78, 5) is 29.1. The first-order valence-electron chi connectivity index (χ1n) is 10.1. The van der Waals surface area contributed by atoms with E-state index in [1.54, 1.807) is 24.4 Å². The zero-order chi connectivity index (χ0) is 20.8. The summed E-state index contributed by atoms with van der Waals surface area (Å²) in [5.74, 6) is 1.99. The Labute approximate surface area is 177 Å². The average Bonchev–Trinajstić information content (AvgIpc) is 3.52. The number of fused-ring (bicyclic) bond motifs is 2. The van der Waals surface area contributed by atoms with Gasteiger partial charge in [0.1, 0.15) is 0 Å². The molecule has 3 aliphatic heterocycles. The number of cyclic esters (lactones) is 1. The highest BCUT2D eigenvalue weighted by molar-refractivity contribution is 6.11. The van der Waals surface area contributed by atoms with Crippen LogP contribution in [0, 0.1) is 0 Å². The average molecular weight is 417 g/mol. The molecule has 0 atom stereocenters. The van der Waals surface area contributed by atoms with Crippen molar-refractivity contribution in [1.29, 1.82) is 0 Å². The number of H-pyrrole nitrogens is 1. The summed E-state index contributed by atoms with van der Waals surface area (Å²) in [6.45, 7) is 3.27. The zero-order valence-electron chi connectivity index (χ0n) is 16.6. The van der Waals surface area contributed by atoms with Gasteiger partial charge in [0.2, 0.25) is 18.6 Å². The number of hydrogen-bond donors (Lipinski definition) is 1. The van der Waals surface area contributed by atoms with E-state index < -0.39 is 5.97 Å². The minimum absolute atomic E-state index is 0.191. The summed E-state index contributed by atoms with van der Waals surface area (Å²) in [7, 11) is 0. The van der Waals surface area contributed by atoms with Crippen molar-refractivity contribution in [3.8, 4) is 11.5 Å². The molecule has 1 aromatic heterocycles. The summed E-state index contributed by atoms with van der Waals surface area (Å²) in [5, 5.41) is 0. The fourth-order valence-corrected chi connectivity index (χ4v) is 3.88. The lowest BCUT2D eigenvalue weighted by Crippen LogP contribution is -2.44. The van der Waals surface area contributed by atoms with E-state index in [2.05, 4.69) is 24.8 Å². The van der Waals surface area contributed by atoms with E-state index >= 15 is 0 Å². The molecule has 3 aromatic rings. The second-order valence-corrected chi connectivity index (χ2v) is 7.49. The van der Waals surface area contributed by atoms with Crippen LogP contribution in [-0.2, 0) is 9.53 Å². The fourth-order valence-electron chi connectivity index (χ4n) is 3.88. The minimum Gasteiger partial charge on any atom is -0.454 e. The van der Waals surface area contributed by atoms with Crippen LogP contribution in [0.1, 0.15) is 5.56 Å². The number of para-hydroxylation sites is 2. The predicted molar refractivity (Wildman–Crippen MR) is 113 cm³/mol. The summed E-state index contributed by atoms with van der Waals surface area (Å²) in [5.41, 5.74) is 2.96. The van der Waals surface area contributed by atoms with Gasteiger partial charge in [-0.2, -0.15) is 0 Å². The molecule has 0 bridgehead atoms. The topological polar surface area (TPSA) is 92.3 Å². The Morgan fingerprint density at radius 2 is 1.84 bits per heavy atom. The van der Waals surface area contributed by atoms with Gasteiger partial charge in [-0.1, -0.05) is 12.1 Å². The first-order valence-corrected chi connectivity index (χ1v) is 10.1. The molecule has 0 radical (unpaired) electrons. The Kier molecular flexibility index (Phi) is 4.05. The van der Waals surface area contributed by atoms with Gasteiger partial charge in [0.25, 0.3) is 0 Å². The number of carbonyl (C=O) groups excluding carboxylic acids is 1. The molecular formula is C22H19N5O4. The highest BCUT2D eigenvalue weighted by atomic mass is 16.7. The van der Waals surface area contributed by atoms with Gasteiger partial charge < -0.3 is 29.0 Å². The lowest BCUT2D eigenvalue weighted by Gasteiger charge is -2.33. The number of aromatic amines is 1. The molecule has 9 nitrogen and oxygen atoms in total.